The molecule has 0 atom stereocenters. The second-order valence-electron chi connectivity index (χ2n) is 10.4. The van der Waals surface area contributed by atoms with Crippen LogP contribution in [0.5, 0.6) is 5.75 Å². The van der Waals surface area contributed by atoms with Crippen molar-refractivity contribution in [1.29, 1.82) is 0 Å². The molecule has 0 unspecified atom stereocenters. The van der Waals surface area contributed by atoms with Gasteiger partial charge in [-0.1, -0.05) is 65.8 Å². The summed E-state index contributed by atoms with van der Waals surface area (Å²) in [6.07, 6.45) is 0. The van der Waals surface area contributed by atoms with Gasteiger partial charge in [-0.3, -0.25) is 9.59 Å². The van der Waals surface area contributed by atoms with Crippen LogP contribution in [0.4, 0.5) is 5.69 Å². The number of ether oxygens (including phenoxy) is 1. The highest BCUT2D eigenvalue weighted by atomic mass is 16.5. The van der Waals surface area contributed by atoms with E-state index in [9.17, 15) is 9.59 Å². The van der Waals surface area contributed by atoms with Gasteiger partial charge in [-0.25, -0.2) is 4.98 Å². The van der Waals surface area contributed by atoms with Gasteiger partial charge in [0.05, 0.1) is 23.7 Å². The Morgan fingerprint density at radius 1 is 0.756 bits per heavy atom. The highest BCUT2D eigenvalue weighted by Crippen LogP contribution is 2.29. The molecule has 0 saturated heterocycles. The van der Waals surface area contributed by atoms with Crippen LogP contribution >= 0.6 is 0 Å². The van der Waals surface area contributed by atoms with E-state index in [4.69, 9.17) is 14.2 Å². The quantitative estimate of drug-likeness (QED) is 0.173. The van der Waals surface area contributed by atoms with Gasteiger partial charge in [-0.05, 0) is 60.7 Å². The van der Waals surface area contributed by atoms with Gasteiger partial charge in [0.15, 0.2) is 11.5 Å². The normalized spacial score (nSPS) is 11.0. The van der Waals surface area contributed by atoms with Crippen molar-refractivity contribution in [3.8, 4) is 39.7 Å². The first kappa shape index (κ1) is 27.5. The van der Waals surface area contributed by atoms with E-state index in [2.05, 4.69) is 15.5 Å². The summed E-state index contributed by atoms with van der Waals surface area (Å²) in [4.78, 5) is 34.4. The van der Waals surface area contributed by atoms with Crippen molar-refractivity contribution < 1.29 is 18.8 Å². The monoisotopic (exact) mass is 590 g/mol. The lowest BCUT2D eigenvalue weighted by atomic mass is 10.0. The number of imidazole rings is 1. The SMILES string of the molecule is COc1ccc(-c2cc(-c3ccc(NC(=O)c4ccccc4-c4nc5cc(C(=O)c6ccccc6)ccc5[nH]4)cc3)no2)cc1. The Morgan fingerprint density at radius 2 is 1.49 bits per heavy atom. The molecule has 8 nitrogen and oxygen atoms in total. The molecule has 0 aliphatic rings. The average molecular weight is 591 g/mol. The number of ketones is 1. The number of fused-ring (bicyclic) bond motifs is 1. The van der Waals surface area contributed by atoms with E-state index in [1.165, 1.54) is 0 Å². The number of aromatic amines is 1. The molecule has 8 heteroatoms. The molecule has 0 saturated carbocycles. The summed E-state index contributed by atoms with van der Waals surface area (Å²) in [7, 11) is 1.63. The Hall–Kier alpha value is -6.28. The molecular formula is C37H26N4O4. The predicted molar refractivity (Wildman–Crippen MR) is 173 cm³/mol. The minimum Gasteiger partial charge on any atom is -0.497 e. The summed E-state index contributed by atoms with van der Waals surface area (Å²) in [5, 5.41) is 7.20. The summed E-state index contributed by atoms with van der Waals surface area (Å²) in [6.45, 7) is 0. The number of hydrogen-bond acceptors (Lipinski definition) is 6. The van der Waals surface area contributed by atoms with Gasteiger partial charge >= 0.3 is 0 Å². The van der Waals surface area contributed by atoms with Gasteiger partial charge in [0, 0.05) is 39.6 Å². The number of carbonyl (C=O) groups excluding carboxylic acids is 2. The molecule has 2 aromatic heterocycles. The van der Waals surface area contributed by atoms with Crippen LogP contribution in [-0.2, 0) is 0 Å². The number of hydrogen-bond donors (Lipinski definition) is 2. The molecule has 0 bridgehead atoms. The molecule has 0 aliphatic heterocycles. The van der Waals surface area contributed by atoms with E-state index in [0.717, 1.165) is 22.4 Å². The number of amides is 1. The number of nitrogens with one attached hydrogen (secondary N) is 2. The maximum Gasteiger partial charge on any atom is 0.256 e. The Bertz CT molecular complexity index is 2150. The molecule has 0 fully saturated rings. The van der Waals surface area contributed by atoms with Crippen LogP contribution in [0.25, 0.3) is 45.0 Å². The molecule has 2 heterocycles. The number of methoxy groups -OCH3 is 1. The maximum atomic E-state index is 13.5. The third-order valence-corrected chi connectivity index (χ3v) is 7.53. The maximum absolute atomic E-state index is 13.5. The van der Waals surface area contributed by atoms with Gasteiger partial charge in [0.2, 0.25) is 0 Å². The molecule has 5 aromatic carbocycles. The average Bonchev–Trinajstić information content (AvgIpc) is 3.77. The molecule has 218 valence electrons. The van der Waals surface area contributed by atoms with Crippen LogP contribution in [0.15, 0.2) is 132 Å². The van der Waals surface area contributed by atoms with E-state index < -0.39 is 0 Å². The van der Waals surface area contributed by atoms with E-state index in [1.54, 1.807) is 37.4 Å². The number of nitrogens with zero attached hydrogens (tertiary/aromatic N) is 2. The highest BCUT2D eigenvalue weighted by molar-refractivity contribution is 6.11. The highest BCUT2D eigenvalue weighted by Gasteiger charge is 2.17. The van der Waals surface area contributed by atoms with Crippen molar-refractivity contribution in [2.24, 2.45) is 0 Å². The molecule has 2 N–H and O–H groups in total. The lowest BCUT2D eigenvalue weighted by Gasteiger charge is -2.09. The zero-order chi connectivity index (χ0) is 30.8. The molecule has 45 heavy (non-hydrogen) atoms. The van der Waals surface area contributed by atoms with Crippen LogP contribution in [0.1, 0.15) is 26.3 Å². The Morgan fingerprint density at radius 3 is 2.27 bits per heavy atom. The fourth-order valence-electron chi connectivity index (χ4n) is 5.14. The first-order valence-electron chi connectivity index (χ1n) is 14.3. The van der Waals surface area contributed by atoms with Gasteiger partial charge in [0.25, 0.3) is 5.91 Å². The largest absolute Gasteiger partial charge is 0.497 e. The van der Waals surface area contributed by atoms with Crippen LogP contribution in [-0.4, -0.2) is 33.9 Å². The lowest BCUT2D eigenvalue weighted by Crippen LogP contribution is -2.13. The van der Waals surface area contributed by atoms with Crippen LogP contribution in [0.3, 0.4) is 0 Å². The van der Waals surface area contributed by atoms with E-state index in [0.29, 0.717) is 50.7 Å². The van der Waals surface area contributed by atoms with Gasteiger partial charge < -0.3 is 19.6 Å². The first-order valence-corrected chi connectivity index (χ1v) is 14.3. The summed E-state index contributed by atoms with van der Waals surface area (Å²) < 4.78 is 10.8. The lowest BCUT2D eigenvalue weighted by molar-refractivity contribution is 0.102. The number of anilines is 1. The Balaban J connectivity index is 1.09. The minimum atomic E-state index is -0.276. The van der Waals surface area contributed by atoms with E-state index in [1.807, 2.05) is 97.1 Å². The second kappa shape index (κ2) is 11.8. The fourth-order valence-corrected chi connectivity index (χ4v) is 5.14. The van der Waals surface area contributed by atoms with Gasteiger partial charge in [-0.2, -0.15) is 0 Å². The number of benzene rings is 5. The second-order valence-corrected chi connectivity index (χ2v) is 10.4. The third kappa shape index (κ3) is 5.60. The smallest absolute Gasteiger partial charge is 0.256 e. The zero-order valence-electron chi connectivity index (χ0n) is 24.2. The van der Waals surface area contributed by atoms with Crippen molar-refractivity contribution >= 4 is 28.4 Å². The number of rotatable bonds is 8. The Kier molecular flexibility index (Phi) is 7.21. The fraction of sp³-hybridized carbons (Fsp3) is 0.0270. The number of carbonyl (C=O) groups is 2. The first-order chi connectivity index (χ1) is 22.1. The van der Waals surface area contributed by atoms with Crippen molar-refractivity contribution in [3.63, 3.8) is 0 Å². The standard InChI is InChI=1S/C37H26N4O4/c1-44-28-18-13-24(14-19-28)34-22-32(41-45-34)23-11-16-27(17-12-23)38-37(43)30-10-6-5-9-29(30)36-39-31-20-15-26(21-33(31)40-36)35(42)25-7-3-2-4-8-25/h2-22H,1H3,(H,38,43)(H,39,40). The van der Waals surface area contributed by atoms with Crippen molar-refractivity contribution in [2.45, 2.75) is 0 Å². The van der Waals surface area contributed by atoms with Crippen LogP contribution in [0.2, 0.25) is 0 Å². The summed E-state index contributed by atoms with van der Waals surface area (Å²) in [5.74, 6) is 1.60. The van der Waals surface area contributed by atoms with E-state index in [-0.39, 0.29) is 11.7 Å². The molecular weight excluding hydrogens is 564 g/mol. The molecule has 0 aliphatic carbocycles. The van der Waals surface area contributed by atoms with Crippen molar-refractivity contribution in [2.75, 3.05) is 12.4 Å². The van der Waals surface area contributed by atoms with Gasteiger partial charge in [-0.15, -0.1) is 0 Å². The van der Waals surface area contributed by atoms with Crippen LogP contribution in [0, 0.1) is 0 Å². The molecule has 7 rings (SSSR count). The Labute approximate surface area is 258 Å². The minimum absolute atomic E-state index is 0.0749. The van der Waals surface area contributed by atoms with Crippen molar-refractivity contribution in [3.05, 3.63) is 144 Å². The topological polar surface area (TPSA) is 110 Å². The van der Waals surface area contributed by atoms with E-state index >= 15 is 0 Å². The number of aromatic nitrogens is 3. The van der Waals surface area contributed by atoms with Crippen molar-refractivity contribution in [1.82, 2.24) is 15.1 Å². The van der Waals surface area contributed by atoms with Gasteiger partial charge in [0.1, 0.15) is 17.3 Å². The predicted octanol–water partition coefficient (Wildman–Crippen LogP) is 8.04. The summed E-state index contributed by atoms with van der Waals surface area (Å²) >= 11 is 0. The summed E-state index contributed by atoms with van der Waals surface area (Å²) in [5.41, 5.74) is 6.73. The number of H-pyrrole nitrogens is 1. The summed E-state index contributed by atoms with van der Waals surface area (Å²) in [6, 6.07) is 38.6. The molecule has 0 radical (unpaired) electrons. The molecule has 0 spiro atoms. The molecule has 7 aromatic rings. The van der Waals surface area contributed by atoms with Crippen LogP contribution < -0.4 is 10.1 Å². The zero-order valence-corrected chi connectivity index (χ0v) is 24.2. The third-order valence-electron chi connectivity index (χ3n) is 7.53. The molecule has 1 amide bonds.